The zero-order valence-corrected chi connectivity index (χ0v) is 14.2. The summed E-state index contributed by atoms with van der Waals surface area (Å²) in [6.45, 7) is 1.81. The smallest absolute Gasteiger partial charge is 0.271 e. The average Bonchev–Trinajstić information content (AvgIpc) is 3.07. The van der Waals surface area contributed by atoms with Crippen LogP contribution in [0.25, 0.3) is 10.2 Å². The van der Waals surface area contributed by atoms with E-state index in [1.165, 1.54) is 17.4 Å². The summed E-state index contributed by atoms with van der Waals surface area (Å²) in [5.41, 5.74) is 1.52. The summed E-state index contributed by atoms with van der Waals surface area (Å²) in [5, 5.41) is 16.3. The van der Waals surface area contributed by atoms with E-state index in [1.54, 1.807) is 12.3 Å². The first-order valence-corrected chi connectivity index (χ1v) is 8.47. The highest BCUT2D eigenvalue weighted by Gasteiger charge is 2.17. The van der Waals surface area contributed by atoms with Crippen LogP contribution in [0.4, 0.5) is 10.3 Å². The number of carbonyl (C=O) groups excluding carboxylic acids is 1. The monoisotopic (exact) mass is 361 g/mol. The summed E-state index contributed by atoms with van der Waals surface area (Å²) in [6.07, 6.45) is 2.69. The number of hydrogen-bond donors (Lipinski definition) is 3. The highest BCUT2D eigenvalue weighted by Crippen LogP contribution is 2.25. The van der Waals surface area contributed by atoms with Gasteiger partial charge in [0.1, 0.15) is 5.82 Å². The average molecular weight is 361 g/mol. The predicted octanol–water partition coefficient (Wildman–Crippen LogP) is 2.12. The summed E-state index contributed by atoms with van der Waals surface area (Å²) in [4.78, 5) is 24.8. The van der Waals surface area contributed by atoms with Gasteiger partial charge in [0.15, 0.2) is 5.69 Å². The molecule has 0 saturated heterocycles. The van der Waals surface area contributed by atoms with Gasteiger partial charge in [-0.2, -0.15) is 0 Å². The molecule has 0 aliphatic heterocycles. The van der Waals surface area contributed by atoms with E-state index in [0.717, 1.165) is 6.20 Å². The van der Waals surface area contributed by atoms with Gasteiger partial charge in [0.2, 0.25) is 5.95 Å². The van der Waals surface area contributed by atoms with Crippen LogP contribution >= 0.6 is 11.3 Å². The number of fused-ring (bicyclic) bond motifs is 1. The van der Waals surface area contributed by atoms with Crippen LogP contribution in [-0.4, -0.2) is 39.1 Å². The van der Waals surface area contributed by atoms with Crippen molar-refractivity contribution in [1.29, 1.82) is 0 Å². The first kappa shape index (κ1) is 17.2. The molecule has 1 atom stereocenters. The van der Waals surface area contributed by atoms with Crippen molar-refractivity contribution >= 4 is 33.4 Å². The largest absolute Gasteiger partial charge is 0.395 e. The van der Waals surface area contributed by atoms with E-state index in [1.807, 2.05) is 12.3 Å². The highest BCUT2D eigenvalue weighted by molar-refractivity contribution is 7.17. The van der Waals surface area contributed by atoms with E-state index in [4.69, 9.17) is 5.11 Å². The van der Waals surface area contributed by atoms with Crippen molar-refractivity contribution < 1.29 is 14.3 Å². The van der Waals surface area contributed by atoms with Crippen molar-refractivity contribution in [3.8, 4) is 0 Å². The molecule has 0 fully saturated rings. The zero-order valence-electron chi connectivity index (χ0n) is 13.4. The number of carbonyl (C=O) groups is 1. The quantitative estimate of drug-likeness (QED) is 0.622. The second-order valence-electron chi connectivity index (χ2n) is 5.31. The second-order valence-corrected chi connectivity index (χ2v) is 6.23. The van der Waals surface area contributed by atoms with Crippen LogP contribution in [-0.2, 0) is 0 Å². The topological polar surface area (TPSA) is 100 Å². The van der Waals surface area contributed by atoms with Gasteiger partial charge in [-0.05, 0) is 30.0 Å². The maximum Gasteiger partial charge on any atom is 0.271 e. The standard InChI is InChI=1S/C16H16FN5O2S/c1-9(10-6-11(17)8-18-7-10)20-16-21-12-2-5-25-14(12)13(22-16)15(24)19-3-4-23/h2,5-9,23H,3-4H2,1H3,(H,19,24)(H,20,21,22). The van der Waals surface area contributed by atoms with E-state index < -0.39 is 5.82 Å². The molecule has 0 aromatic carbocycles. The van der Waals surface area contributed by atoms with Crippen LogP contribution in [0.1, 0.15) is 29.0 Å². The molecule has 3 heterocycles. The molecular formula is C16H16FN5O2S. The number of nitrogens with zero attached hydrogens (tertiary/aromatic N) is 3. The molecule has 0 aliphatic rings. The molecule has 3 rings (SSSR count). The maximum absolute atomic E-state index is 13.3. The predicted molar refractivity (Wildman–Crippen MR) is 93.1 cm³/mol. The van der Waals surface area contributed by atoms with Crippen molar-refractivity contribution in [2.75, 3.05) is 18.5 Å². The molecule has 0 saturated carbocycles. The molecule has 9 heteroatoms. The molecule has 0 aliphatic carbocycles. The molecule has 1 amide bonds. The second kappa shape index (κ2) is 7.49. The fourth-order valence-electron chi connectivity index (χ4n) is 2.28. The molecule has 3 aromatic rings. The third-order valence-electron chi connectivity index (χ3n) is 3.49. The Balaban J connectivity index is 1.90. The Morgan fingerprint density at radius 1 is 1.40 bits per heavy atom. The minimum Gasteiger partial charge on any atom is -0.395 e. The molecule has 0 spiro atoms. The van der Waals surface area contributed by atoms with Gasteiger partial charge >= 0.3 is 0 Å². The Kier molecular flexibility index (Phi) is 5.15. The SMILES string of the molecule is CC(Nc1nc(C(=O)NCCO)c2sccc2n1)c1cncc(F)c1. The lowest BCUT2D eigenvalue weighted by Crippen LogP contribution is -2.27. The minimum absolute atomic E-state index is 0.143. The Labute approximate surface area is 147 Å². The van der Waals surface area contributed by atoms with Gasteiger partial charge in [0.05, 0.1) is 29.1 Å². The molecule has 3 N–H and O–H groups in total. The molecule has 130 valence electrons. The van der Waals surface area contributed by atoms with Crippen molar-refractivity contribution in [2.24, 2.45) is 0 Å². The number of amides is 1. The van der Waals surface area contributed by atoms with Gasteiger partial charge in [0, 0.05) is 12.7 Å². The number of nitrogens with one attached hydrogen (secondary N) is 2. The van der Waals surface area contributed by atoms with Crippen LogP contribution in [0.3, 0.4) is 0 Å². The van der Waals surface area contributed by atoms with Crippen molar-refractivity contribution in [1.82, 2.24) is 20.3 Å². The molecule has 0 radical (unpaired) electrons. The van der Waals surface area contributed by atoms with Crippen LogP contribution in [0.5, 0.6) is 0 Å². The van der Waals surface area contributed by atoms with Gasteiger partial charge in [-0.3, -0.25) is 9.78 Å². The fraction of sp³-hybridized carbons (Fsp3) is 0.250. The number of anilines is 1. The van der Waals surface area contributed by atoms with E-state index in [0.29, 0.717) is 15.8 Å². The summed E-state index contributed by atoms with van der Waals surface area (Å²) in [7, 11) is 0. The molecule has 3 aromatic heterocycles. The number of thiophene rings is 1. The molecule has 25 heavy (non-hydrogen) atoms. The summed E-state index contributed by atoms with van der Waals surface area (Å²) < 4.78 is 14.0. The van der Waals surface area contributed by atoms with Crippen LogP contribution in [0.2, 0.25) is 0 Å². The maximum atomic E-state index is 13.3. The van der Waals surface area contributed by atoms with Crippen LogP contribution < -0.4 is 10.6 Å². The lowest BCUT2D eigenvalue weighted by Gasteiger charge is -2.15. The fourth-order valence-corrected chi connectivity index (χ4v) is 3.09. The van der Waals surface area contributed by atoms with Crippen LogP contribution in [0, 0.1) is 5.82 Å². The van der Waals surface area contributed by atoms with Crippen molar-refractivity contribution in [3.05, 3.63) is 47.0 Å². The Bertz CT molecular complexity index is 901. The molecule has 0 bridgehead atoms. The first-order chi connectivity index (χ1) is 12.1. The molecule has 1 unspecified atom stereocenters. The van der Waals surface area contributed by atoms with Gasteiger partial charge in [-0.1, -0.05) is 0 Å². The number of aliphatic hydroxyl groups is 1. The highest BCUT2D eigenvalue weighted by atomic mass is 32.1. The number of aromatic nitrogens is 3. The zero-order chi connectivity index (χ0) is 17.8. The molecule has 7 nitrogen and oxygen atoms in total. The number of aliphatic hydroxyl groups excluding tert-OH is 1. The van der Waals surface area contributed by atoms with E-state index in [-0.39, 0.29) is 36.7 Å². The number of halogens is 1. The van der Waals surface area contributed by atoms with Gasteiger partial charge in [0.25, 0.3) is 5.91 Å². The van der Waals surface area contributed by atoms with E-state index in [9.17, 15) is 9.18 Å². The third kappa shape index (κ3) is 3.89. The first-order valence-electron chi connectivity index (χ1n) is 7.59. The van der Waals surface area contributed by atoms with Crippen LogP contribution in [0.15, 0.2) is 29.9 Å². The van der Waals surface area contributed by atoms with Gasteiger partial charge in [-0.25, -0.2) is 14.4 Å². The lowest BCUT2D eigenvalue weighted by atomic mass is 10.1. The number of rotatable bonds is 6. The van der Waals surface area contributed by atoms with Crippen molar-refractivity contribution in [2.45, 2.75) is 13.0 Å². The van der Waals surface area contributed by atoms with E-state index >= 15 is 0 Å². The third-order valence-corrected chi connectivity index (χ3v) is 4.40. The summed E-state index contributed by atoms with van der Waals surface area (Å²) in [6, 6.07) is 2.87. The molecular weight excluding hydrogens is 345 g/mol. The van der Waals surface area contributed by atoms with Gasteiger partial charge < -0.3 is 15.7 Å². The summed E-state index contributed by atoms with van der Waals surface area (Å²) in [5.74, 6) is -0.548. The number of pyridine rings is 1. The lowest BCUT2D eigenvalue weighted by molar-refractivity contribution is 0.0942. The minimum atomic E-state index is -0.426. The Hall–Kier alpha value is -2.65. The summed E-state index contributed by atoms with van der Waals surface area (Å²) >= 11 is 1.37. The number of hydrogen-bond acceptors (Lipinski definition) is 7. The Morgan fingerprint density at radius 3 is 3.00 bits per heavy atom. The Morgan fingerprint density at radius 2 is 2.24 bits per heavy atom. The van der Waals surface area contributed by atoms with E-state index in [2.05, 4.69) is 25.6 Å². The normalized spacial score (nSPS) is 12.1. The van der Waals surface area contributed by atoms with Gasteiger partial charge in [-0.15, -0.1) is 11.3 Å². The van der Waals surface area contributed by atoms with Crippen molar-refractivity contribution in [3.63, 3.8) is 0 Å².